The van der Waals surface area contributed by atoms with Gasteiger partial charge in [-0.1, -0.05) is 19.4 Å². The molecule has 0 fully saturated rings. The number of hydrogen-bond acceptors (Lipinski definition) is 5. The summed E-state index contributed by atoms with van der Waals surface area (Å²) in [6.07, 6.45) is 2.31. The van der Waals surface area contributed by atoms with Gasteiger partial charge in [0.1, 0.15) is 11.6 Å². The molecule has 0 aliphatic carbocycles. The molecule has 0 unspecified atom stereocenters. The number of anilines is 3. The van der Waals surface area contributed by atoms with Gasteiger partial charge in [-0.2, -0.15) is 4.98 Å². The van der Waals surface area contributed by atoms with E-state index in [-0.39, 0.29) is 0 Å². The third kappa shape index (κ3) is 4.58. The summed E-state index contributed by atoms with van der Waals surface area (Å²) < 4.78 is 5.41. The maximum atomic E-state index is 5.41. The van der Waals surface area contributed by atoms with Crippen LogP contribution in [0.15, 0.2) is 24.3 Å². The highest BCUT2D eigenvalue weighted by Crippen LogP contribution is 2.28. The summed E-state index contributed by atoms with van der Waals surface area (Å²) in [4.78, 5) is 11.3. The van der Waals surface area contributed by atoms with Gasteiger partial charge in [-0.15, -0.1) is 0 Å². The van der Waals surface area contributed by atoms with E-state index in [4.69, 9.17) is 4.74 Å². The molecule has 0 saturated carbocycles. The van der Waals surface area contributed by atoms with E-state index in [1.165, 1.54) is 6.42 Å². The second-order valence-corrected chi connectivity index (χ2v) is 5.79. The molecule has 0 spiro atoms. The minimum Gasteiger partial charge on any atom is -0.495 e. The molecule has 0 amide bonds. The first-order chi connectivity index (χ1) is 11.0. The molecular weight excluding hydrogens is 288 g/mol. The van der Waals surface area contributed by atoms with Gasteiger partial charge >= 0.3 is 0 Å². The van der Waals surface area contributed by atoms with Crippen LogP contribution in [0.5, 0.6) is 5.75 Å². The molecule has 0 bridgehead atoms. The van der Waals surface area contributed by atoms with Crippen molar-refractivity contribution in [2.75, 3.05) is 30.9 Å². The topological polar surface area (TPSA) is 50.3 Å². The van der Waals surface area contributed by atoms with E-state index in [2.05, 4.69) is 34.2 Å². The van der Waals surface area contributed by atoms with Gasteiger partial charge in [-0.25, -0.2) is 4.98 Å². The Balaban J connectivity index is 2.26. The smallest absolute Gasteiger partial charge is 0.229 e. The Morgan fingerprint density at radius 1 is 1.17 bits per heavy atom. The van der Waals surface area contributed by atoms with Crippen LogP contribution in [0.1, 0.15) is 31.0 Å². The Hall–Kier alpha value is -2.30. The minimum atomic E-state index is 0.590. The fourth-order valence-corrected chi connectivity index (χ4v) is 2.35. The molecule has 0 radical (unpaired) electrons. The van der Waals surface area contributed by atoms with Crippen LogP contribution in [-0.2, 0) is 0 Å². The van der Waals surface area contributed by atoms with Crippen molar-refractivity contribution in [2.24, 2.45) is 0 Å². The maximum Gasteiger partial charge on any atom is 0.229 e. The van der Waals surface area contributed by atoms with Crippen molar-refractivity contribution in [1.29, 1.82) is 0 Å². The maximum absolute atomic E-state index is 5.41. The van der Waals surface area contributed by atoms with Crippen LogP contribution in [0.3, 0.4) is 0 Å². The molecule has 1 heterocycles. The Morgan fingerprint density at radius 2 is 1.96 bits per heavy atom. The van der Waals surface area contributed by atoms with Crippen molar-refractivity contribution in [3.63, 3.8) is 0 Å². The summed E-state index contributed by atoms with van der Waals surface area (Å²) in [6.45, 7) is 7.21. The molecule has 1 aromatic carbocycles. The van der Waals surface area contributed by atoms with Crippen LogP contribution in [0, 0.1) is 13.8 Å². The number of nitrogens with one attached hydrogen (secondary N) is 1. The van der Waals surface area contributed by atoms with E-state index in [0.717, 1.165) is 41.5 Å². The number of nitrogens with zero attached hydrogens (tertiary/aromatic N) is 3. The Morgan fingerprint density at radius 3 is 2.65 bits per heavy atom. The van der Waals surface area contributed by atoms with Gasteiger partial charge in [0.2, 0.25) is 5.95 Å². The van der Waals surface area contributed by atoms with Crippen molar-refractivity contribution in [1.82, 2.24) is 9.97 Å². The largest absolute Gasteiger partial charge is 0.495 e. The number of aryl methyl sites for hydroxylation is 2. The molecule has 0 atom stereocenters. The van der Waals surface area contributed by atoms with E-state index in [1.807, 2.05) is 38.1 Å². The summed E-state index contributed by atoms with van der Waals surface area (Å²) in [5.74, 6) is 2.30. The van der Waals surface area contributed by atoms with E-state index >= 15 is 0 Å². The fraction of sp³-hybridized carbons (Fsp3) is 0.444. The molecule has 1 aromatic heterocycles. The van der Waals surface area contributed by atoms with Crippen molar-refractivity contribution in [3.05, 3.63) is 35.5 Å². The summed E-state index contributed by atoms with van der Waals surface area (Å²) in [5, 5.41) is 3.28. The lowest BCUT2D eigenvalue weighted by atomic mass is 10.2. The molecule has 23 heavy (non-hydrogen) atoms. The van der Waals surface area contributed by atoms with Gasteiger partial charge in [-0.3, -0.25) is 0 Å². The lowest BCUT2D eigenvalue weighted by Gasteiger charge is -2.19. The quantitative estimate of drug-likeness (QED) is 0.834. The van der Waals surface area contributed by atoms with Crippen molar-refractivity contribution in [2.45, 2.75) is 33.6 Å². The standard InChI is InChI=1S/C18H26N4O/c1-6-7-10-22(4)17-12-14(3)19-18(21-17)20-15-11-13(2)8-9-16(15)23-5/h8-9,11-12H,6-7,10H2,1-5H3,(H,19,20,21). The lowest BCUT2D eigenvalue weighted by Crippen LogP contribution is -2.20. The highest BCUT2D eigenvalue weighted by atomic mass is 16.5. The SMILES string of the molecule is CCCCN(C)c1cc(C)nc(Nc2cc(C)ccc2OC)n1. The third-order valence-corrected chi connectivity index (χ3v) is 3.68. The monoisotopic (exact) mass is 314 g/mol. The van der Waals surface area contributed by atoms with E-state index in [1.54, 1.807) is 7.11 Å². The van der Waals surface area contributed by atoms with E-state index < -0.39 is 0 Å². The summed E-state index contributed by atoms with van der Waals surface area (Å²) >= 11 is 0. The van der Waals surface area contributed by atoms with Gasteiger partial charge in [0.15, 0.2) is 0 Å². The predicted octanol–water partition coefficient (Wildman–Crippen LogP) is 4.08. The Labute approximate surface area is 138 Å². The molecule has 2 aromatic rings. The molecule has 5 heteroatoms. The number of unbranched alkanes of at least 4 members (excludes halogenated alkanes) is 1. The first kappa shape index (κ1) is 17.1. The number of methoxy groups -OCH3 is 1. The third-order valence-electron chi connectivity index (χ3n) is 3.68. The van der Waals surface area contributed by atoms with Crippen molar-refractivity contribution < 1.29 is 4.74 Å². The summed E-state index contributed by atoms with van der Waals surface area (Å²) in [5.41, 5.74) is 2.97. The molecule has 2 rings (SSSR count). The van der Waals surface area contributed by atoms with Gasteiger partial charge < -0.3 is 15.0 Å². The molecule has 0 saturated heterocycles. The summed E-state index contributed by atoms with van der Waals surface area (Å²) in [6, 6.07) is 8.01. The highest BCUT2D eigenvalue weighted by molar-refractivity contribution is 5.64. The van der Waals surface area contributed by atoms with E-state index in [0.29, 0.717) is 5.95 Å². The Bertz CT molecular complexity index is 657. The zero-order valence-electron chi connectivity index (χ0n) is 14.7. The van der Waals surface area contributed by atoms with Crippen LogP contribution in [0.2, 0.25) is 0 Å². The molecular formula is C18H26N4O. The van der Waals surface area contributed by atoms with E-state index in [9.17, 15) is 0 Å². The number of ether oxygens (including phenoxy) is 1. The average Bonchev–Trinajstić information content (AvgIpc) is 2.52. The lowest BCUT2D eigenvalue weighted by molar-refractivity contribution is 0.416. The van der Waals surface area contributed by atoms with Crippen molar-refractivity contribution >= 4 is 17.5 Å². The number of hydrogen-bond donors (Lipinski definition) is 1. The van der Waals surface area contributed by atoms with Crippen LogP contribution >= 0.6 is 0 Å². The Kier molecular flexibility index (Phi) is 5.79. The highest BCUT2D eigenvalue weighted by Gasteiger charge is 2.09. The normalized spacial score (nSPS) is 10.5. The predicted molar refractivity (Wildman–Crippen MR) is 96.0 cm³/mol. The first-order valence-electron chi connectivity index (χ1n) is 8.02. The first-order valence-corrected chi connectivity index (χ1v) is 8.02. The fourth-order valence-electron chi connectivity index (χ4n) is 2.35. The molecule has 5 nitrogen and oxygen atoms in total. The van der Waals surface area contributed by atoms with Crippen LogP contribution < -0.4 is 15.0 Å². The van der Waals surface area contributed by atoms with Gasteiger partial charge in [0, 0.05) is 25.4 Å². The number of aromatic nitrogens is 2. The van der Waals surface area contributed by atoms with Gasteiger partial charge in [0.05, 0.1) is 12.8 Å². The van der Waals surface area contributed by atoms with Crippen LogP contribution in [-0.4, -0.2) is 30.7 Å². The summed E-state index contributed by atoms with van der Waals surface area (Å²) in [7, 11) is 3.73. The average molecular weight is 314 g/mol. The zero-order valence-corrected chi connectivity index (χ0v) is 14.7. The second kappa shape index (κ2) is 7.81. The number of benzene rings is 1. The molecule has 0 aliphatic heterocycles. The molecule has 1 N–H and O–H groups in total. The molecule has 124 valence electrons. The van der Waals surface area contributed by atoms with Crippen LogP contribution in [0.4, 0.5) is 17.5 Å². The zero-order chi connectivity index (χ0) is 16.8. The minimum absolute atomic E-state index is 0.590. The van der Waals surface area contributed by atoms with Gasteiger partial charge in [0.25, 0.3) is 0 Å². The molecule has 0 aliphatic rings. The number of rotatable bonds is 7. The second-order valence-electron chi connectivity index (χ2n) is 5.79. The van der Waals surface area contributed by atoms with Gasteiger partial charge in [-0.05, 0) is 38.0 Å². The van der Waals surface area contributed by atoms with Crippen molar-refractivity contribution in [3.8, 4) is 5.75 Å². The van der Waals surface area contributed by atoms with Crippen LogP contribution in [0.25, 0.3) is 0 Å².